The minimum absolute atomic E-state index is 0.0313. The topological polar surface area (TPSA) is 84.5 Å². The number of rotatable bonds is 3. The summed E-state index contributed by atoms with van der Waals surface area (Å²) in [6.07, 6.45) is 1.33. The number of hydrogen-bond acceptors (Lipinski definition) is 6. The molecule has 1 fully saturated rings. The van der Waals surface area contributed by atoms with Crippen molar-refractivity contribution in [1.29, 1.82) is 0 Å². The second-order valence-electron chi connectivity index (χ2n) is 7.93. The molecular weight excluding hydrogens is 445 g/mol. The Hall–Kier alpha value is -2.09. The van der Waals surface area contributed by atoms with E-state index in [2.05, 4.69) is 5.10 Å². The molecule has 2 aliphatic heterocycles. The van der Waals surface area contributed by atoms with Crippen molar-refractivity contribution in [3.8, 4) is 0 Å². The summed E-state index contributed by atoms with van der Waals surface area (Å²) in [5, 5.41) is 3.63. The van der Waals surface area contributed by atoms with Crippen molar-refractivity contribution in [2.45, 2.75) is 43.1 Å². The molecule has 170 valence electrons. The lowest BCUT2D eigenvalue weighted by molar-refractivity contribution is -0.0449. The van der Waals surface area contributed by atoms with Gasteiger partial charge in [-0.2, -0.15) is 30.8 Å². The predicted octanol–water partition coefficient (Wildman–Crippen LogP) is 1.95. The maximum Gasteiger partial charge on any atom is 0.518 e. The van der Waals surface area contributed by atoms with Crippen LogP contribution in [-0.2, 0) is 23.1 Å². The van der Waals surface area contributed by atoms with E-state index in [9.17, 15) is 30.4 Å². The van der Waals surface area contributed by atoms with Crippen LogP contribution in [0.1, 0.15) is 29.3 Å². The van der Waals surface area contributed by atoms with Crippen LogP contribution in [0.25, 0.3) is 0 Å². The average Bonchev–Trinajstić information content (AvgIpc) is 3.22. The van der Waals surface area contributed by atoms with Gasteiger partial charge in [0.2, 0.25) is 0 Å². The van der Waals surface area contributed by atoms with Gasteiger partial charge in [-0.25, -0.2) is 8.78 Å². The first-order valence-corrected chi connectivity index (χ1v) is 10.9. The van der Waals surface area contributed by atoms with Gasteiger partial charge in [-0.15, -0.1) is 0 Å². The Morgan fingerprint density at radius 1 is 1.19 bits per heavy atom. The second-order valence-corrected chi connectivity index (χ2v) is 9.72. The van der Waals surface area contributed by atoms with Crippen molar-refractivity contribution in [3.05, 3.63) is 52.9 Å². The summed E-state index contributed by atoms with van der Waals surface area (Å²) >= 11 is 0. The van der Waals surface area contributed by atoms with Gasteiger partial charge in [0.1, 0.15) is 11.6 Å². The minimum atomic E-state index is -5.57. The molecule has 3 heterocycles. The Kier molecular flexibility index (Phi) is 5.35. The lowest BCUT2D eigenvalue weighted by Crippen LogP contribution is -2.54. The molecule has 1 aromatic heterocycles. The Balaban J connectivity index is 1.48. The molecule has 3 atom stereocenters. The van der Waals surface area contributed by atoms with Gasteiger partial charge in [0.25, 0.3) is 0 Å². The van der Waals surface area contributed by atoms with Crippen molar-refractivity contribution >= 4 is 10.0 Å². The van der Waals surface area contributed by atoms with Gasteiger partial charge in [-0.3, -0.25) is 9.80 Å². The second kappa shape index (κ2) is 7.50. The number of aromatic nitrogens is 2. The largest absolute Gasteiger partial charge is 0.518 e. The van der Waals surface area contributed by atoms with E-state index < -0.39 is 39.2 Å². The molecule has 13 heteroatoms. The third-order valence-electron chi connectivity index (χ3n) is 5.84. The normalized spacial score (nSPS) is 25.7. The number of benzene rings is 1. The minimum Gasteiger partial charge on any atom is -0.326 e. The zero-order chi connectivity index (χ0) is 22.7. The highest BCUT2D eigenvalue weighted by molar-refractivity contribution is 7.90. The maximum atomic E-state index is 14.3. The standard InChI is InChI=1S/C18H20F5N5O2S/c1-26-8-12(5-15(24)17(26)13-4-11(19)2-3-14(13)20)27-6-10-7-28(25-16(10)9-27)31(29,30)18(21,22)23/h2-4,7,12,15,17H,5-6,8-9,24H2,1H3. The molecule has 0 bridgehead atoms. The van der Waals surface area contributed by atoms with E-state index in [1.807, 2.05) is 9.80 Å². The zero-order valence-electron chi connectivity index (χ0n) is 16.4. The van der Waals surface area contributed by atoms with E-state index in [0.717, 1.165) is 24.4 Å². The third kappa shape index (κ3) is 3.83. The van der Waals surface area contributed by atoms with Crippen LogP contribution in [0.3, 0.4) is 0 Å². The van der Waals surface area contributed by atoms with Gasteiger partial charge >= 0.3 is 15.5 Å². The van der Waals surface area contributed by atoms with E-state index in [0.29, 0.717) is 18.5 Å². The van der Waals surface area contributed by atoms with Crippen LogP contribution in [0, 0.1) is 11.6 Å². The first-order chi connectivity index (χ1) is 14.4. The van der Waals surface area contributed by atoms with E-state index in [1.165, 1.54) is 0 Å². The van der Waals surface area contributed by atoms with Gasteiger partial charge in [-0.1, -0.05) is 0 Å². The number of piperidine rings is 1. The first-order valence-electron chi connectivity index (χ1n) is 9.42. The number of nitrogens with zero attached hydrogens (tertiary/aromatic N) is 4. The molecule has 0 spiro atoms. The maximum absolute atomic E-state index is 14.3. The quantitative estimate of drug-likeness (QED) is 0.698. The predicted molar refractivity (Wildman–Crippen MR) is 100.0 cm³/mol. The number of likely N-dealkylation sites (N-methyl/N-ethyl adjacent to an activating group) is 1. The van der Waals surface area contributed by atoms with Gasteiger partial charge in [0.15, 0.2) is 0 Å². The molecule has 2 aliphatic rings. The van der Waals surface area contributed by atoms with Crippen LogP contribution in [0.15, 0.2) is 24.4 Å². The van der Waals surface area contributed by atoms with Gasteiger partial charge in [0.05, 0.1) is 11.7 Å². The highest BCUT2D eigenvalue weighted by Gasteiger charge is 2.49. The van der Waals surface area contributed by atoms with Gasteiger partial charge < -0.3 is 5.73 Å². The molecule has 4 rings (SSSR count). The zero-order valence-corrected chi connectivity index (χ0v) is 17.2. The lowest BCUT2D eigenvalue weighted by atomic mass is 9.88. The molecule has 0 aliphatic carbocycles. The molecule has 7 nitrogen and oxygen atoms in total. The number of fused-ring (bicyclic) bond motifs is 1. The number of alkyl halides is 3. The summed E-state index contributed by atoms with van der Waals surface area (Å²) in [5.74, 6) is -1.11. The number of likely N-dealkylation sites (tertiary alicyclic amines) is 1. The summed E-state index contributed by atoms with van der Waals surface area (Å²) < 4.78 is 89.1. The van der Waals surface area contributed by atoms with Crippen molar-refractivity contribution in [1.82, 2.24) is 19.0 Å². The average molecular weight is 465 g/mol. The van der Waals surface area contributed by atoms with Crippen molar-refractivity contribution < 1.29 is 30.4 Å². The summed E-state index contributed by atoms with van der Waals surface area (Å²) in [5.41, 5.74) is 1.68. The van der Waals surface area contributed by atoms with E-state index >= 15 is 0 Å². The van der Waals surface area contributed by atoms with Crippen molar-refractivity contribution in [2.24, 2.45) is 5.73 Å². The van der Waals surface area contributed by atoms with Crippen LogP contribution in [0.5, 0.6) is 0 Å². The van der Waals surface area contributed by atoms with Gasteiger partial charge in [-0.05, 0) is 31.7 Å². The molecule has 0 amide bonds. The van der Waals surface area contributed by atoms with Crippen LogP contribution in [-0.4, -0.2) is 58.6 Å². The highest BCUT2D eigenvalue weighted by Crippen LogP contribution is 2.35. The molecule has 2 aromatic rings. The smallest absolute Gasteiger partial charge is 0.326 e. The van der Waals surface area contributed by atoms with Crippen molar-refractivity contribution in [2.75, 3.05) is 13.6 Å². The molecule has 31 heavy (non-hydrogen) atoms. The fraction of sp³-hybridized carbons (Fsp3) is 0.500. The molecule has 0 saturated carbocycles. The summed E-state index contributed by atoms with van der Waals surface area (Å²) in [6, 6.07) is 2.07. The Bertz CT molecular complexity index is 1070. The van der Waals surface area contributed by atoms with Crippen molar-refractivity contribution in [3.63, 3.8) is 0 Å². The molecule has 1 aromatic carbocycles. The van der Waals surface area contributed by atoms with E-state index in [1.54, 1.807) is 7.05 Å². The van der Waals surface area contributed by atoms with Crippen LogP contribution in [0.4, 0.5) is 22.0 Å². The number of nitrogens with two attached hydrogens (primary N) is 1. The summed E-state index contributed by atoms with van der Waals surface area (Å²) in [7, 11) is -3.82. The summed E-state index contributed by atoms with van der Waals surface area (Å²) in [4.78, 5) is 3.76. The van der Waals surface area contributed by atoms with E-state index in [-0.39, 0.29) is 34.5 Å². The fourth-order valence-corrected chi connectivity index (χ4v) is 5.09. The lowest BCUT2D eigenvalue weighted by Gasteiger charge is -2.44. The SMILES string of the molecule is CN1CC(N2Cc3cn(S(=O)(=O)C(F)(F)F)nc3C2)CC(N)C1c1cc(F)ccc1F. The summed E-state index contributed by atoms with van der Waals surface area (Å²) in [6.45, 7) is 0.840. The monoisotopic (exact) mass is 465 g/mol. The Morgan fingerprint density at radius 2 is 1.90 bits per heavy atom. The molecule has 2 N–H and O–H groups in total. The molecular formula is C18H20F5N5O2S. The van der Waals surface area contributed by atoms with Crippen LogP contribution < -0.4 is 5.73 Å². The molecule has 1 saturated heterocycles. The van der Waals surface area contributed by atoms with E-state index in [4.69, 9.17) is 5.73 Å². The molecule has 0 radical (unpaired) electrons. The first kappa shape index (κ1) is 22.1. The Morgan fingerprint density at radius 3 is 2.52 bits per heavy atom. The van der Waals surface area contributed by atoms with Crippen LogP contribution in [0.2, 0.25) is 0 Å². The molecule has 3 unspecified atom stereocenters. The third-order valence-corrected chi connectivity index (χ3v) is 7.10. The van der Waals surface area contributed by atoms with Crippen LogP contribution >= 0.6 is 0 Å². The number of hydrogen-bond donors (Lipinski definition) is 1. The van der Waals surface area contributed by atoms with Gasteiger partial charge in [0, 0.05) is 49.0 Å². The highest BCUT2D eigenvalue weighted by atomic mass is 32.2. The Labute approximate surface area is 175 Å². The fourth-order valence-electron chi connectivity index (χ4n) is 4.40. The number of halogens is 5.